The molecule has 0 bridgehead atoms. The molecule has 0 spiro atoms. The van der Waals surface area contributed by atoms with E-state index in [1.165, 1.54) is 4.31 Å². The van der Waals surface area contributed by atoms with E-state index in [1.807, 2.05) is 6.07 Å². The van der Waals surface area contributed by atoms with Crippen molar-refractivity contribution in [2.24, 2.45) is 5.92 Å². The topological polar surface area (TPSA) is 99.8 Å². The fraction of sp³-hybridized carbons (Fsp3) is 0.562. The minimum Gasteiger partial charge on any atom is -0.466 e. The number of ether oxygens (including phenoxy) is 1. The van der Waals surface area contributed by atoms with Crippen molar-refractivity contribution in [3.63, 3.8) is 0 Å². The quantitative estimate of drug-likeness (QED) is 0.606. The number of rotatable bonds is 5. The van der Waals surface area contributed by atoms with Gasteiger partial charge in [-0.15, -0.1) is 0 Å². The molecule has 0 saturated carbocycles. The first-order valence-electron chi connectivity index (χ1n) is 8.57. The van der Waals surface area contributed by atoms with Gasteiger partial charge in [0.15, 0.2) is 5.37 Å². The van der Waals surface area contributed by atoms with E-state index >= 15 is 0 Å². The zero-order chi connectivity index (χ0) is 18.7. The molecule has 0 aliphatic carbocycles. The lowest BCUT2D eigenvalue weighted by molar-refractivity contribution is -0.147. The molecule has 0 amide bonds. The second-order valence-electron chi connectivity index (χ2n) is 6.23. The summed E-state index contributed by atoms with van der Waals surface area (Å²) in [5.74, 6) is -1.32. The Morgan fingerprint density at radius 1 is 1.38 bits per heavy atom. The summed E-state index contributed by atoms with van der Waals surface area (Å²) in [5.41, 5.74) is 6.33. The molecule has 26 heavy (non-hydrogen) atoms. The molecule has 2 aliphatic rings. The molecule has 1 aromatic rings. The first-order valence-corrected chi connectivity index (χ1v) is 10.4. The predicted molar refractivity (Wildman–Crippen MR) is 97.7 cm³/mol. The third-order valence-electron chi connectivity index (χ3n) is 4.60. The summed E-state index contributed by atoms with van der Waals surface area (Å²) in [6.45, 7) is 3.44. The van der Waals surface area contributed by atoms with Crippen LogP contribution in [0.25, 0.3) is 0 Å². The highest BCUT2D eigenvalue weighted by Gasteiger charge is 2.47. The molecule has 0 aromatic heterocycles. The number of hydrogen-bond donors (Lipinski definition) is 3. The Balaban J connectivity index is 1.89. The molecule has 3 rings (SSSR count). The fourth-order valence-electron chi connectivity index (χ4n) is 3.35. The molecule has 2 fully saturated rings. The Kier molecular flexibility index (Phi) is 6.16. The van der Waals surface area contributed by atoms with Crippen LogP contribution >= 0.6 is 11.6 Å². The standard InChI is InChI=1S/C16H23ClN4O4S/c1-2-25-16(22)13-9-19-20-15(13)26(23,24)21-7-6-18-10-14(21)11-4-3-5-12(17)8-11/h3-5,8,13-15,18-20H,2,6-7,9-10H2,1H3. The van der Waals surface area contributed by atoms with Gasteiger partial charge in [0.05, 0.1) is 12.6 Å². The van der Waals surface area contributed by atoms with Crippen molar-refractivity contribution < 1.29 is 17.9 Å². The number of benzene rings is 1. The molecule has 3 N–H and O–H groups in total. The van der Waals surface area contributed by atoms with Crippen molar-refractivity contribution >= 4 is 27.6 Å². The van der Waals surface area contributed by atoms with Gasteiger partial charge in [0.25, 0.3) is 0 Å². The lowest BCUT2D eigenvalue weighted by Gasteiger charge is -2.37. The minimum absolute atomic E-state index is 0.205. The predicted octanol–water partition coefficient (Wildman–Crippen LogP) is 0.229. The smallest absolute Gasteiger partial charge is 0.313 e. The Morgan fingerprint density at radius 3 is 2.92 bits per heavy atom. The summed E-state index contributed by atoms with van der Waals surface area (Å²) in [5, 5.41) is 2.71. The number of hydrazine groups is 1. The van der Waals surface area contributed by atoms with Crippen LogP contribution in [-0.2, 0) is 19.6 Å². The molecular formula is C16H23ClN4O4S. The number of nitrogens with zero attached hydrogens (tertiary/aromatic N) is 1. The first-order chi connectivity index (χ1) is 12.4. The van der Waals surface area contributed by atoms with Crippen LogP contribution in [0.5, 0.6) is 0 Å². The molecule has 8 nitrogen and oxygen atoms in total. The van der Waals surface area contributed by atoms with Crippen molar-refractivity contribution in [3.05, 3.63) is 34.9 Å². The Labute approximate surface area is 158 Å². The highest BCUT2D eigenvalue weighted by Crippen LogP contribution is 2.30. The molecular weight excluding hydrogens is 380 g/mol. The van der Waals surface area contributed by atoms with Crippen LogP contribution in [0.1, 0.15) is 18.5 Å². The number of carbonyl (C=O) groups excluding carboxylic acids is 1. The van der Waals surface area contributed by atoms with Gasteiger partial charge in [-0.25, -0.2) is 13.8 Å². The average Bonchev–Trinajstić information content (AvgIpc) is 3.13. The van der Waals surface area contributed by atoms with E-state index in [1.54, 1.807) is 25.1 Å². The van der Waals surface area contributed by atoms with Gasteiger partial charge in [-0.05, 0) is 24.6 Å². The number of carbonyl (C=O) groups is 1. The summed E-state index contributed by atoms with van der Waals surface area (Å²) in [7, 11) is -3.81. The SMILES string of the molecule is CCOC(=O)C1CNNC1S(=O)(=O)N1CCNCC1c1cccc(Cl)c1. The maximum atomic E-state index is 13.3. The third-order valence-corrected chi connectivity index (χ3v) is 7.01. The molecule has 144 valence electrons. The van der Waals surface area contributed by atoms with E-state index in [2.05, 4.69) is 16.2 Å². The maximum absolute atomic E-state index is 13.3. The lowest BCUT2D eigenvalue weighted by atomic mass is 10.1. The van der Waals surface area contributed by atoms with Crippen LogP contribution in [0.4, 0.5) is 0 Å². The van der Waals surface area contributed by atoms with E-state index in [-0.39, 0.29) is 13.2 Å². The number of halogens is 1. The van der Waals surface area contributed by atoms with Crippen molar-refractivity contribution in [2.45, 2.75) is 18.3 Å². The van der Waals surface area contributed by atoms with Crippen molar-refractivity contribution in [2.75, 3.05) is 32.8 Å². The summed E-state index contributed by atoms with van der Waals surface area (Å²) >= 11 is 6.08. The number of sulfonamides is 1. The Hall–Kier alpha value is -1.23. The van der Waals surface area contributed by atoms with E-state index < -0.39 is 33.3 Å². The van der Waals surface area contributed by atoms with Crippen molar-refractivity contribution in [3.8, 4) is 0 Å². The van der Waals surface area contributed by atoms with Gasteiger partial charge >= 0.3 is 5.97 Å². The van der Waals surface area contributed by atoms with Crippen molar-refractivity contribution in [1.29, 1.82) is 0 Å². The minimum atomic E-state index is -3.81. The summed E-state index contributed by atoms with van der Waals surface area (Å²) in [6, 6.07) is 6.78. The zero-order valence-electron chi connectivity index (χ0n) is 14.4. The van der Waals surface area contributed by atoms with E-state index in [4.69, 9.17) is 16.3 Å². The third kappa shape index (κ3) is 3.88. The molecule has 2 aliphatic heterocycles. The Bertz CT molecular complexity index is 760. The van der Waals surface area contributed by atoms with Gasteiger partial charge in [-0.2, -0.15) is 4.31 Å². The lowest BCUT2D eigenvalue weighted by Crippen LogP contribution is -2.55. The highest BCUT2D eigenvalue weighted by molar-refractivity contribution is 7.89. The van der Waals surface area contributed by atoms with Crippen LogP contribution in [0.2, 0.25) is 5.02 Å². The van der Waals surface area contributed by atoms with Crippen LogP contribution in [0.15, 0.2) is 24.3 Å². The molecule has 10 heteroatoms. The average molecular weight is 403 g/mol. The molecule has 1 aromatic carbocycles. The Morgan fingerprint density at radius 2 is 2.19 bits per heavy atom. The van der Waals surface area contributed by atoms with Gasteiger partial charge in [-0.3, -0.25) is 10.2 Å². The fourth-order valence-corrected chi connectivity index (χ4v) is 5.59. The second-order valence-corrected chi connectivity index (χ2v) is 8.68. The van der Waals surface area contributed by atoms with Crippen molar-refractivity contribution in [1.82, 2.24) is 20.5 Å². The normalized spacial score (nSPS) is 27.4. The molecule has 3 unspecified atom stereocenters. The van der Waals surface area contributed by atoms with E-state index in [9.17, 15) is 13.2 Å². The molecule has 0 radical (unpaired) electrons. The first kappa shape index (κ1) is 19.5. The van der Waals surface area contributed by atoms with E-state index in [0.717, 1.165) is 5.56 Å². The van der Waals surface area contributed by atoms with Gasteiger partial charge in [0.2, 0.25) is 10.0 Å². The summed E-state index contributed by atoms with van der Waals surface area (Å²) < 4.78 is 33.1. The number of hydrogen-bond acceptors (Lipinski definition) is 7. The zero-order valence-corrected chi connectivity index (χ0v) is 16.0. The largest absolute Gasteiger partial charge is 0.466 e. The van der Waals surface area contributed by atoms with Crippen LogP contribution in [-0.4, -0.2) is 56.9 Å². The van der Waals surface area contributed by atoms with Crippen LogP contribution in [0, 0.1) is 5.92 Å². The highest BCUT2D eigenvalue weighted by atomic mass is 35.5. The van der Waals surface area contributed by atoms with E-state index in [0.29, 0.717) is 24.7 Å². The molecule has 2 heterocycles. The van der Waals surface area contributed by atoms with Crippen LogP contribution in [0.3, 0.4) is 0 Å². The number of esters is 1. The second kappa shape index (κ2) is 8.20. The number of piperazine rings is 1. The molecule has 3 atom stereocenters. The maximum Gasteiger partial charge on any atom is 0.313 e. The van der Waals surface area contributed by atoms with Gasteiger partial charge in [0.1, 0.15) is 5.92 Å². The van der Waals surface area contributed by atoms with Gasteiger partial charge < -0.3 is 10.1 Å². The summed E-state index contributed by atoms with van der Waals surface area (Å²) in [4.78, 5) is 12.2. The monoisotopic (exact) mass is 402 g/mol. The van der Waals surface area contributed by atoms with Gasteiger partial charge in [0, 0.05) is 31.2 Å². The molecule has 2 saturated heterocycles. The summed E-state index contributed by atoms with van der Waals surface area (Å²) in [6.07, 6.45) is 0. The van der Waals surface area contributed by atoms with Crippen LogP contribution < -0.4 is 16.2 Å². The number of nitrogens with one attached hydrogen (secondary N) is 3. The van der Waals surface area contributed by atoms with Gasteiger partial charge in [-0.1, -0.05) is 23.7 Å².